The van der Waals surface area contributed by atoms with E-state index in [0.717, 1.165) is 5.56 Å². The molecule has 0 fully saturated rings. The Balaban J connectivity index is 1.81. The summed E-state index contributed by atoms with van der Waals surface area (Å²) < 4.78 is 33.4. The summed E-state index contributed by atoms with van der Waals surface area (Å²) in [6.07, 6.45) is 0.298. The lowest BCUT2D eigenvalue weighted by Crippen LogP contribution is -2.30. The highest BCUT2D eigenvalue weighted by molar-refractivity contribution is 7.89. The summed E-state index contributed by atoms with van der Waals surface area (Å²) in [6.45, 7) is 4.15. The lowest BCUT2D eigenvalue weighted by Gasteiger charge is -2.20. The van der Waals surface area contributed by atoms with Crippen LogP contribution in [0.2, 0.25) is 0 Å². The molecular weight excluding hydrogens is 464 g/mol. The zero-order valence-electron chi connectivity index (χ0n) is 19.7. The minimum absolute atomic E-state index is 0.109. The molecule has 3 aromatic rings. The maximum absolute atomic E-state index is 13.0. The number of rotatable bonds is 11. The third-order valence-corrected chi connectivity index (χ3v) is 7.27. The second-order valence-corrected chi connectivity index (χ2v) is 9.53. The zero-order valence-corrected chi connectivity index (χ0v) is 20.5. The number of amides is 1. The first-order valence-corrected chi connectivity index (χ1v) is 12.7. The van der Waals surface area contributed by atoms with Crippen molar-refractivity contribution in [2.75, 3.05) is 30.3 Å². The molecule has 35 heavy (non-hydrogen) atoms. The van der Waals surface area contributed by atoms with Crippen LogP contribution in [0, 0.1) is 11.3 Å². The standard InChI is InChI=1S/C26H28N4O4S/c1-3-30(4-2)35(32,33)23-14-15-25(34-22-8-6-5-7-9-22)24(18-23)28-19-26(31)29-21-12-10-20(11-13-21)16-17-27/h5-15,18,28H,3-4,16,19H2,1-2H3,(H,29,31). The molecule has 0 aliphatic carbocycles. The van der Waals surface area contributed by atoms with Gasteiger partial charge in [-0.05, 0) is 48.0 Å². The molecule has 2 N–H and O–H groups in total. The van der Waals surface area contributed by atoms with E-state index in [1.807, 2.05) is 18.2 Å². The maximum atomic E-state index is 13.0. The van der Waals surface area contributed by atoms with Crippen molar-refractivity contribution in [3.8, 4) is 17.6 Å². The van der Waals surface area contributed by atoms with E-state index < -0.39 is 10.0 Å². The van der Waals surface area contributed by atoms with Gasteiger partial charge in [0.15, 0.2) is 5.75 Å². The van der Waals surface area contributed by atoms with Crippen molar-refractivity contribution in [3.63, 3.8) is 0 Å². The van der Waals surface area contributed by atoms with Crippen LogP contribution < -0.4 is 15.4 Å². The average molecular weight is 493 g/mol. The van der Waals surface area contributed by atoms with Crippen LogP contribution in [0.15, 0.2) is 77.7 Å². The summed E-state index contributed by atoms with van der Waals surface area (Å²) in [5, 5.41) is 14.6. The Hall–Kier alpha value is -3.87. The van der Waals surface area contributed by atoms with Crippen LogP contribution in [0.1, 0.15) is 19.4 Å². The quantitative estimate of drug-likeness (QED) is 0.404. The highest BCUT2D eigenvalue weighted by Crippen LogP contribution is 2.32. The number of nitrogens with one attached hydrogen (secondary N) is 2. The van der Waals surface area contributed by atoms with Gasteiger partial charge in [0, 0.05) is 18.8 Å². The molecule has 0 aromatic heterocycles. The fraction of sp³-hybridized carbons (Fsp3) is 0.231. The van der Waals surface area contributed by atoms with Crippen molar-refractivity contribution in [3.05, 3.63) is 78.4 Å². The predicted octanol–water partition coefficient (Wildman–Crippen LogP) is 4.63. The third kappa shape index (κ3) is 6.82. The van der Waals surface area contributed by atoms with Gasteiger partial charge in [0.05, 0.1) is 29.6 Å². The molecule has 0 aliphatic heterocycles. The number of carbonyl (C=O) groups is 1. The van der Waals surface area contributed by atoms with Crippen LogP contribution in [-0.2, 0) is 21.2 Å². The topological polar surface area (TPSA) is 112 Å². The smallest absolute Gasteiger partial charge is 0.243 e. The van der Waals surface area contributed by atoms with E-state index in [2.05, 4.69) is 16.7 Å². The Kier molecular flexibility index (Phi) is 8.84. The second-order valence-electron chi connectivity index (χ2n) is 7.60. The number of ether oxygens (including phenoxy) is 1. The molecule has 9 heteroatoms. The lowest BCUT2D eigenvalue weighted by atomic mass is 10.1. The average Bonchev–Trinajstić information content (AvgIpc) is 2.86. The van der Waals surface area contributed by atoms with Crippen molar-refractivity contribution >= 4 is 27.3 Å². The highest BCUT2D eigenvalue weighted by atomic mass is 32.2. The zero-order chi connectivity index (χ0) is 25.3. The van der Waals surface area contributed by atoms with Gasteiger partial charge in [-0.25, -0.2) is 8.42 Å². The van der Waals surface area contributed by atoms with Crippen molar-refractivity contribution < 1.29 is 17.9 Å². The molecule has 0 spiro atoms. The van der Waals surface area contributed by atoms with Crippen molar-refractivity contribution in [1.82, 2.24) is 4.31 Å². The van der Waals surface area contributed by atoms with Crippen LogP contribution in [0.4, 0.5) is 11.4 Å². The lowest BCUT2D eigenvalue weighted by molar-refractivity contribution is -0.114. The molecule has 1 amide bonds. The van der Waals surface area contributed by atoms with Gasteiger partial charge >= 0.3 is 0 Å². The van der Waals surface area contributed by atoms with Crippen molar-refractivity contribution in [2.24, 2.45) is 0 Å². The number of para-hydroxylation sites is 1. The molecular formula is C26H28N4O4S. The molecule has 182 valence electrons. The largest absolute Gasteiger partial charge is 0.455 e. The molecule has 0 saturated carbocycles. The van der Waals surface area contributed by atoms with E-state index in [0.29, 0.717) is 42.4 Å². The van der Waals surface area contributed by atoms with E-state index in [-0.39, 0.29) is 17.3 Å². The fourth-order valence-electron chi connectivity index (χ4n) is 3.40. The number of nitriles is 1. The van der Waals surface area contributed by atoms with Crippen molar-refractivity contribution in [1.29, 1.82) is 5.26 Å². The molecule has 3 aromatic carbocycles. The van der Waals surface area contributed by atoms with Gasteiger partial charge in [-0.2, -0.15) is 9.57 Å². The Labute approximate surface area is 206 Å². The summed E-state index contributed by atoms with van der Waals surface area (Å²) in [5.74, 6) is 0.654. The molecule has 0 saturated heterocycles. The molecule has 0 atom stereocenters. The predicted molar refractivity (Wildman–Crippen MR) is 136 cm³/mol. The van der Waals surface area contributed by atoms with Gasteiger partial charge in [-0.3, -0.25) is 4.79 Å². The Morgan fingerprint density at radius 2 is 1.69 bits per heavy atom. The number of nitrogens with zero attached hydrogens (tertiary/aromatic N) is 2. The number of sulfonamides is 1. The van der Waals surface area contributed by atoms with Gasteiger partial charge in [-0.1, -0.05) is 44.2 Å². The van der Waals surface area contributed by atoms with Gasteiger partial charge in [0.25, 0.3) is 0 Å². The summed E-state index contributed by atoms with van der Waals surface area (Å²) in [6, 6.07) is 22.7. The Morgan fingerprint density at radius 3 is 2.31 bits per heavy atom. The van der Waals surface area contributed by atoms with Crippen LogP contribution in [0.5, 0.6) is 11.5 Å². The van der Waals surface area contributed by atoms with Crippen LogP contribution in [0.25, 0.3) is 0 Å². The van der Waals surface area contributed by atoms with Gasteiger partial charge in [0.1, 0.15) is 5.75 Å². The molecule has 0 aliphatic rings. The van der Waals surface area contributed by atoms with Crippen LogP contribution in [-0.4, -0.2) is 38.3 Å². The fourth-order valence-corrected chi connectivity index (χ4v) is 4.89. The molecule has 0 radical (unpaired) electrons. The monoisotopic (exact) mass is 492 g/mol. The number of hydrogen-bond donors (Lipinski definition) is 2. The molecule has 0 unspecified atom stereocenters. The molecule has 8 nitrogen and oxygen atoms in total. The van der Waals surface area contributed by atoms with E-state index in [1.54, 1.807) is 56.3 Å². The second kappa shape index (κ2) is 12.0. The van der Waals surface area contributed by atoms with E-state index >= 15 is 0 Å². The normalized spacial score (nSPS) is 11.0. The first kappa shape index (κ1) is 25.7. The summed E-state index contributed by atoms with van der Waals surface area (Å²) in [7, 11) is -3.70. The van der Waals surface area contributed by atoms with E-state index in [9.17, 15) is 13.2 Å². The highest BCUT2D eigenvalue weighted by Gasteiger charge is 2.23. The van der Waals surface area contributed by atoms with E-state index in [4.69, 9.17) is 10.00 Å². The first-order valence-electron chi connectivity index (χ1n) is 11.2. The number of hydrogen-bond acceptors (Lipinski definition) is 6. The first-order chi connectivity index (χ1) is 16.9. The minimum Gasteiger partial charge on any atom is -0.455 e. The minimum atomic E-state index is -3.70. The SMILES string of the molecule is CCN(CC)S(=O)(=O)c1ccc(Oc2ccccc2)c(NCC(=O)Nc2ccc(CC#N)cc2)c1. The number of benzene rings is 3. The Morgan fingerprint density at radius 1 is 1.00 bits per heavy atom. The maximum Gasteiger partial charge on any atom is 0.243 e. The summed E-state index contributed by atoms with van der Waals surface area (Å²) in [4.78, 5) is 12.7. The molecule has 0 heterocycles. The van der Waals surface area contributed by atoms with Gasteiger partial charge < -0.3 is 15.4 Å². The van der Waals surface area contributed by atoms with Crippen molar-refractivity contribution in [2.45, 2.75) is 25.2 Å². The van der Waals surface area contributed by atoms with Crippen LogP contribution >= 0.6 is 0 Å². The third-order valence-electron chi connectivity index (χ3n) is 5.23. The number of anilines is 2. The van der Waals surface area contributed by atoms with Gasteiger partial charge in [0.2, 0.25) is 15.9 Å². The summed E-state index contributed by atoms with van der Waals surface area (Å²) >= 11 is 0. The Bertz CT molecular complexity index is 1280. The summed E-state index contributed by atoms with van der Waals surface area (Å²) in [5.41, 5.74) is 1.83. The molecule has 3 rings (SSSR count). The van der Waals surface area contributed by atoms with Gasteiger partial charge in [-0.15, -0.1) is 0 Å². The molecule has 0 bridgehead atoms. The number of carbonyl (C=O) groups excluding carboxylic acids is 1. The van der Waals surface area contributed by atoms with Crippen LogP contribution in [0.3, 0.4) is 0 Å². The van der Waals surface area contributed by atoms with E-state index in [1.165, 1.54) is 16.4 Å².